The SMILES string of the molecule is Cc1ccc(N2C(=O)CC(C3CCCC=C3N3CCCCC3)C2=O)cc1. The number of allylic oxidation sites excluding steroid dienone is 2. The number of piperidine rings is 1. The van der Waals surface area contributed by atoms with Crippen LogP contribution in [0, 0.1) is 18.8 Å². The number of imide groups is 1. The zero-order valence-electron chi connectivity index (χ0n) is 15.6. The Morgan fingerprint density at radius 2 is 1.65 bits per heavy atom. The fourth-order valence-electron chi connectivity index (χ4n) is 4.74. The molecule has 0 bridgehead atoms. The summed E-state index contributed by atoms with van der Waals surface area (Å²) in [6.07, 6.45) is 9.69. The van der Waals surface area contributed by atoms with Crippen molar-refractivity contribution in [2.75, 3.05) is 18.0 Å². The first-order valence-corrected chi connectivity index (χ1v) is 10.0. The molecule has 138 valence electrons. The van der Waals surface area contributed by atoms with Crippen molar-refractivity contribution in [1.82, 2.24) is 4.90 Å². The molecule has 4 rings (SSSR count). The van der Waals surface area contributed by atoms with Crippen molar-refractivity contribution in [2.24, 2.45) is 11.8 Å². The van der Waals surface area contributed by atoms with Crippen LogP contribution in [-0.2, 0) is 9.59 Å². The van der Waals surface area contributed by atoms with Crippen LogP contribution in [0.15, 0.2) is 36.0 Å². The van der Waals surface area contributed by atoms with E-state index in [1.807, 2.05) is 31.2 Å². The van der Waals surface area contributed by atoms with Gasteiger partial charge in [0, 0.05) is 31.1 Å². The molecule has 4 nitrogen and oxygen atoms in total. The maximum absolute atomic E-state index is 13.2. The molecule has 1 aromatic rings. The lowest BCUT2D eigenvalue weighted by Crippen LogP contribution is -2.38. The highest BCUT2D eigenvalue weighted by atomic mass is 16.2. The Labute approximate surface area is 155 Å². The minimum Gasteiger partial charge on any atom is -0.375 e. The van der Waals surface area contributed by atoms with Crippen LogP contribution >= 0.6 is 0 Å². The van der Waals surface area contributed by atoms with Crippen molar-refractivity contribution in [1.29, 1.82) is 0 Å². The van der Waals surface area contributed by atoms with Crippen molar-refractivity contribution in [3.8, 4) is 0 Å². The van der Waals surface area contributed by atoms with Crippen molar-refractivity contribution in [2.45, 2.75) is 51.9 Å². The van der Waals surface area contributed by atoms with Crippen molar-refractivity contribution in [3.05, 3.63) is 41.6 Å². The molecule has 2 atom stereocenters. The molecule has 1 aromatic carbocycles. The monoisotopic (exact) mass is 352 g/mol. The molecular formula is C22H28N2O2. The topological polar surface area (TPSA) is 40.6 Å². The van der Waals surface area contributed by atoms with E-state index in [0.29, 0.717) is 12.1 Å². The van der Waals surface area contributed by atoms with Gasteiger partial charge >= 0.3 is 0 Å². The number of nitrogens with zero attached hydrogens (tertiary/aromatic N) is 2. The van der Waals surface area contributed by atoms with Crippen molar-refractivity contribution in [3.63, 3.8) is 0 Å². The minimum atomic E-state index is -0.197. The number of amides is 2. The van der Waals surface area contributed by atoms with Gasteiger partial charge in [-0.1, -0.05) is 23.8 Å². The van der Waals surface area contributed by atoms with Crippen LogP contribution in [0.2, 0.25) is 0 Å². The molecule has 4 heteroatoms. The average Bonchev–Trinajstić information content (AvgIpc) is 2.97. The number of likely N-dealkylation sites (tertiary alicyclic amines) is 1. The van der Waals surface area contributed by atoms with Crippen molar-refractivity contribution >= 4 is 17.5 Å². The summed E-state index contributed by atoms with van der Waals surface area (Å²) in [6, 6.07) is 7.69. The van der Waals surface area contributed by atoms with E-state index in [9.17, 15) is 9.59 Å². The van der Waals surface area contributed by atoms with Crippen LogP contribution in [0.1, 0.15) is 50.5 Å². The number of hydrogen-bond acceptors (Lipinski definition) is 3. The van der Waals surface area contributed by atoms with E-state index in [1.165, 1.54) is 29.9 Å². The zero-order chi connectivity index (χ0) is 18.1. The molecule has 2 amide bonds. The predicted octanol–water partition coefficient (Wildman–Crippen LogP) is 4.04. The Bertz CT molecular complexity index is 716. The first-order chi connectivity index (χ1) is 12.6. The van der Waals surface area contributed by atoms with Gasteiger partial charge in [0.2, 0.25) is 11.8 Å². The van der Waals surface area contributed by atoms with E-state index in [4.69, 9.17) is 0 Å². The second kappa shape index (κ2) is 7.26. The lowest BCUT2D eigenvalue weighted by molar-refractivity contribution is -0.123. The number of benzene rings is 1. The number of rotatable bonds is 3. The molecule has 2 unspecified atom stereocenters. The molecule has 2 heterocycles. The summed E-state index contributed by atoms with van der Waals surface area (Å²) >= 11 is 0. The van der Waals surface area contributed by atoms with E-state index < -0.39 is 0 Å². The molecule has 0 saturated carbocycles. The van der Waals surface area contributed by atoms with E-state index in [0.717, 1.165) is 37.9 Å². The Hall–Kier alpha value is -2.10. The van der Waals surface area contributed by atoms with Gasteiger partial charge in [0.05, 0.1) is 11.6 Å². The highest BCUT2D eigenvalue weighted by Crippen LogP contribution is 2.40. The Morgan fingerprint density at radius 1 is 0.923 bits per heavy atom. The summed E-state index contributed by atoms with van der Waals surface area (Å²) in [4.78, 5) is 29.8. The number of carbonyl (C=O) groups excluding carboxylic acids is 2. The van der Waals surface area contributed by atoms with Gasteiger partial charge < -0.3 is 4.90 Å². The number of aryl methyl sites for hydroxylation is 1. The normalized spacial score (nSPS) is 27.0. The van der Waals surface area contributed by atoms with Crippen LogP contribution < -0.4 is 4.90 Å². The summed E-state index contributed by atoms with van der Waals surface area (Å²) in [5, 5.41) is 0. The van der Waals surface area contributed by atoms with E-state index in [-0.39, 0.29) is 23.7 Å². The van der Waals surface area contributed by atoms with Gasteiger partial charge in [-0.3, -0.25) is 14.5 Å². The fraction of sp³-hybridized carbons (Fsp3) is 0.545. The molecule has 0 spiro atoms. The van der Waals surface area contributed by atoms with Gasteiger partial charge in [-0.05, 0) is 57.6 Å². The van der Waals surface area contributed by atoms with Crippen LogP contribution in [-0.4, -0.2) is 29.8 Å². The third kappa shape index (κ3) is 3.17. The third-order valence-corrected chi connectivity index (χ3v) is 6.13. The third-order valence-electron chi connectivity index (χ3n) is 6.13. The molecule has 3 aliphatic rings. The number of hydrogen-bond donors (Lipinski definition) is 0. The Kier molecular flexibility index (Phi) is 4.84. The summed E-state index contributed by atoms with van der Waals surface area (Å²) in [7, 11) is 0. The van der Waals surface area contributed by atoms with Gasteiger partial charge in [0.25, 0.3) is 0 Å². The van der Waals surface area contributed by atoms with E-state index in [2.05, 4.69) is 11.0 Å². The molecule has 0 radical (unpaired) electrons. The zero-order valence-corrected chi connectivity index (χ0v) is 15.6. The first-order valence-electron chi connectivity index (χ1n) is 10.0. The summed E-state index contributed by atoms with van der Waals surface area (Å²) in [6.45, 7) is 4.20. The van der Waals surface area contributed by atoms with Crippen LogP contribution in [0.3, 0.4) is 0 Å². The maximum atomic E-state index is 13.2. The molecular weight excluding hydrogens is 324 g/mol. The molecule has 26 heavy (non-hydrogen) atoms. The van der Waals surface area contributed by atoms with Crippen molar-refractivity contribution < 1.29 is 9.59 Å². The Balaban J connectivity index is 1.57. The Morgan fingerprint density at radius 3 is 2.38 bits per heavy atom. The van der Waals surface area contributed by atoms with Gasteiger partial charge in [-0.25, -0.2) is 0 Å². The second-order valence-electron chi connectivity index (χ2n) is 7.93. The van der Waals surface area contributed by atoms with Crippen LogP contribution in [0.4, 0.5) is 5.69 Å². The first kappa shape index (κ1) is 17.3. The molecule has 0 aromatic heterocycles. The summed E-state index contributed by atoms with van der Waals surface area (Å²) in [5.74, 6) is -0.0490. The van der Waals surface area contributed by atoms with Crippen LogP contribution in [0.25, 0.3) is 0 Å². The van der Waals surface area contributed by atoms with Crippen LogP contribution in [0.5, 0.6) is 0 Å². The van der Waals surface area contributed by atoms with Gasteiger partial charge in [-0.2, -0.15) is 0 Å². The fourth-order valence-corrected chi connectivity index (χ4v) is 4.74. The minimum absolute atomic E-state index is 0.00587. The van der Waals surface area contributed by atoms with E-state index in [1.54, 1.807) is 0 Å². The number of carbonyl (C=O) groups is 2. The smallest absolute Gasteiger partial charge is 0.238 e. The summed E-state index contributed by atoms with van der Waals surface area (Å²) in [5.41, 5.74) is 3.19. The molecule has 0 N–H and O–H groups in total. The van der Waals surface area contributed by atoms with E-state index >= 15 is 0 Å². The predicted molar refractivity (Wildman–Crippen MR) is 103 cm³/mol. The molecule has 1 aliphatic carbocycles. The molecule has 2 aliphatic heterocycles. The second-order valence-corrected chi connectivity index (χ2v) is 7.93. The maximum Gasteiger partial charge on any atom is 0.238 e. The van der Waals surface area contributed by atoms with Gasteiger partial charge in [-0.15, -0.1) is 0 Å². The molecule has 2 fully saturated rings. The van der Waals surface area contributed by atoms with Gasteiger partial charge in [0.15, 0.2) is 0 Å². The standard InChI is InChI=1S/C22H28N2O2/c1-16-9-11-17(12-10-16)24-21(25)15-19(22(24)26)18-7-3-4-8-20(18)23-13-5-2-6-14-23/h8-12,18-19H,2-7,13-15H2,1H3. The quantitative estimate of drug-likeness (QED) is 0.771. The number of anilines is 1. The largest absolute Gasteiger partial charge is 0.375 e. The lowest BCUT2D eigenvalue weighted by atomic mass is 9.80. The lowest BCUT2D eigenvalue weighted by Gasteiger charge is -2.39. The molecule has 2 saturated heterocycles. The highest BCUT2D eigenvalue weighted by molar-refractivity contribution is 6.21. The average molecular weight is 352 g/mol. The summed E-state index contributed by atoms with van der Waals surface area (Å²) < 4.78 is 0. The van der Waals surface area contributed by atoms with Gasteiger partial charge in [0.1, 0.15) is 0 Å². The highest BCUT2D eigenvalue weighted by Gasteiger charge is 2.45.